The molecule has 1 unspecified atom stereocenters. The minimum absolute atomic E-state index is 0.0465. The van der Waals surface area contributed by atoms with Gasteiger partial charge in [-0.25, -0.2) is 4.79 Å². The number of aryl methyl sites for hydroxylation is 1. The van der Waals surface area contributed by atoms with Gasteiger partial charge in [-0.15, -0.1) is 0 Å². The lowest BCUT2D eigenvalue weighted by Crippen LogP contribution is -2.45. The molecule has 0 aliphatic carbocycles. The van der Waals surface area contributed by atoms with Crippen LogP contribution in [0, 0.1) is 12.8 Å². The number of carboxylic acids is 1. The summed E-state index contributed by atoms with van der Waals surface area (Å²) in [5.41, 5.74) is 1.99. The van der Waals surface area contributed by atoms with Gasteiger partial charge in [0.15, 0.2) is 0 Å². The zero-order chi connectivity index (χ0) is 23.7. The van der Waals surface area contributed by atoms with Crippen LogP contribution in [0.2, 0.25) is 0 Å². The third-order valence-electron chi connectivity index (χ3n) is 4.62. The summed E-state index contributed by atoms with van der Waals surface area (Å²) in [6, 6.07) is 12.9. The first-order valence-corrected chi connectivity index (χ1v) is 10.6. The SMILES string of the molecule is CCOc1ccc(C=C(NC(=O)c2ccc(C)cc2)C(=O)NC(CC(C)C)C(=O)O)cc1. The molecule has 1 atom stereocenters. The number of amides is 2. The van der Waals surface area contributed by atoms with Gasteiger partial charge >= 0.3 is 5.97 Å². The maximum Gasteiger partial charge on any atom is 0.326 e. The number of carbonyl (C=O) groups is 3. The fraction of sp³-hybridized carbons (Fsp3) is 0.320. The number of carboxylic acid groups (broad SMARTS) is 1. The van der Waals surface area contributed by atoms with Crippen molar-refractivity contribution in [3.8, 4) is 5.75 Å². The molecular weight excluding hydrogens is 408 g/mol. The van der Waals surface area contributed by atoms with E-state index in [0.717, 1.165) is 5.56 Å². The summed E-state index contributed by atoms with van der Waals surface area (Å²) in [4.78, 5) is 37.3. The summed E-state index contributed by atoms with van der Waals surface area (Å²) in [5, 5.41) is 14.6. The van der Waals surface area contributed by atoms with E-state index in [1.165, 1.54) is 6.08 Å². The van der Waals surface area contributed by atoms with Gasteiger partial charge < -0.3 is 20.5 Å². The Morgan fingerprint density at radius 2 is 1.66 bits per heavy atom. The molecule has 0 fully saturated rings. The predicted octanol–water partition coefficient (Wildman–Crippen LogP) is 3.78. The molecule has 2 rings (SSSR count). The summed E-state index contributed by atoms with van der Waals surface area (Å²) >= 11 is 0. The molecule has 170 valence electrons. The zero-order valence-electron chi connectivity index (χ0n) is 18.8. The molecule has 2 aromatic rings. The second-order valence-electron chi connectivity index (χ2n) is 7.87. The fourth-order valence-electron chi connectivity index (χ4n) is 2.98. The van der Waals surface area contributed by atoms with Gasteiger partial charge in [0, 0.05) is 5.56 Å². The Morgan fingerprint density at radius 3 is 2.19 bits per heavy atom. The van der Waals surface area contributed by atoms with Crippen LogP contribution in [0.15, 0.2) is 54.2 Å². The van der Waals surface area contributed by atoms with Gasteiger partial charge in [-0.2, -0.15) is 0 Å². The Labute approximate surface area is 188 Å². The second-order valence-corrected chi connectivity index (χ2v) is 7.87. The Hall–Kier alpha value is -3.61. The summed E-state index contributed by atoms with van der Waals surface area (Å²) in [5.74, 6) is -1.52. The van der Waals surface area contributed by atoms with Gasteiger partial charge in [0.2, 0.25) is 0 Å². The Balaban J connectivity index is 2.32. The van der Waals surface area contributed by atoms with E-state index in [2.05, 4.69) is 10.6 Å². The third-order valence-corrected chi connectivity index (χ3v) is 4.62. The van der Waals surface area contributed by atoms with E-state index < -0.39 is 23.8 Å². The van der Waals surface area contributed by atoms with Crippen LogP contribution < -0.4 is 15.4 Å². The zero-order valence-corrected chi connectivity index (χ0v) is 18.8. The Morgan fingerprint density at radius 1 is 1.03 bits per heavy atom. The van der Waals surface area contributed by atoms with Gasteiger partial charge in [0.1, 0.15) is 17.5 Å². The van der Waals surface area contributed by atoms with Crippen molar-refractivity contribution >= 4 is 23.9 Å². The summed E-state index contributed by atoms with van der Waals surface area (Å²) < 4.78 is 5.43. The highest BCUT2D eigenvalue weighted by Gasteiger charge is 2.24. The fourth-order valence-corrected chi connectivity index (χ4v) is 2.98. The molecule has 0 aliphatic rings. The summed E-state index contributed by atoms with van der Waals surface area (Å²) in [7, 11) is 0. The highest BCUT2D eigenvalue weighted by molar-refractivity contribution is 6.06. The predicted molar refractivity (Wildman–Crippen MR) is 123 cm³/mol. The van der Waals surface area contributed by atoms with E-state index in [4.69, 9.17) is 4.74 Å². The Bertz CT molecular complexity index is 963. The highest BCUT2D eigenvalue weighted by atomic mass is 16.5. The number of ether oxygens (including phenoxy) is 1. The number of carbonyl (C=O) groups excluding carboxylic acids is 2. The molecule has 7 heteroatoms. The monoisotopic (exact) mass is 438 g/mol. The first-order valence-electron chi connectivity index (χ1n) is 10.6. The van der Waals surface area contributed by atoms with Crippen LogP contribution in [0.4, 0.5) is 0 Å². The lowest BCUT2D eigenvalue weighted by atomic mass is 10.0. The van der Waals surface area contributed by atoms with Gasteiger partial charge in [-0.05, 0) is 62.1 Å². The van der Waals surface area contributed by atoms with Gasteiger partial charge in [-0.3, -0.25) is 9.59 Å². The maximum atomic E-state index is 13.0. The highest BCUT2D eigenvalue weighted by Crippen LogP contribution is 2.15. The molecule has 0 bridgehead atoms. The number of hydrogen-bond donors (Lipinski definition) is 3. The van der Waals surface area contributed by atoms with Gasteiger partial charge in [0.25, 0.3) is 11.8 Å². The molecule has 0 saturated heterocycles. The van der Waals surface area contributed by atoms with Crippen LogP contribution >= 0.6 is 0 Å². The molecule has 0 radical (unpaired) electrons. The van der Waals surface area contributed by atoms with Crippen LogP contribution in [0.5, 0.6) is 5.75 Å². The van der Waals surface area contributed by atoms with Crippen LogP contribution in [-0.2, 0) is 9.59 Å². The van der Waals surface area contributed by atoms with E-state index in [0.29, 0.717) is 23.5 Å². The standard InChI is InChI=1S/C25H30N2O5/c1-5-32-20-12-8-18(9-13-20)15-21(24(29)27-22(25(30)31)14-16(2)3)26-23(28)19-10-6-17(4)7-11-19/h6-13,15-16,22H,5,14H2,1-4H3,(H,26,28)(H,27,29)(H,30,31). The van der Waals surface area contributed by atoms with E-state index in [1.807, 2.05) is 27.7 Å². The lowest BCUT2D eigenvalue weighted by Gasteiger charge is -2.18. The van der Waals surface area contributed by atoms with Crippen molar-refractivity contribution in [3.63, 3.8) is 0 Å². The van der Waals surface area contributed by atoms with E-state index in [-0.39, 0.29) is 18.0 Å². The topological polar surface area (TPSA) is 105 Å². The van der Waals surface area contributed by atoms with Crippen molar-refractivity contribution < 1.29 is 24.2 Å². The lowest BCUT2D eigenvalue weighted by molar-refractivity contribution is -0.141. The molecule has 0 aliphatic heterocycles. The van der Waals surface area contributed by atoms with Crippen molar-refractivity contribution in [2.45, 2.75) is 40.2 Å². The average Bonchev–Trinajstić information content (AvgIpc) is 2.74. The normalized spacial score (nSPS) is 12.2. The largest absolute Gasteiger partial charge is 0.494 e. The van der Waals surface area contributed by atoms with E-state index in [9.17, 15) is 19.5 Å². The Kier molecular flexibility index (Phi) is 9.01. The molecule has 7 nitrogen and oxygen atoms in total. The molecule has 2 aromatic carbocycles. The molecule has 3 N–H and O–H groups in total. The number of aliphatic carboxylic acids is 1. The van der Waals surface area contributed by atoms with Gasteiger partial charge in [0.05, 0.1) is 6.61 Å². The molecule has 0 spiro atoms. The summed E-state index contributed by atoms with van der Waals surface area (Å²) in [6.45, 7) is 8.07. The van der Waals surface area contributed by atoms with Gasteiger partial charge in [-0.1, -0.05) is 43.7 Å². The van der Waals surface area contributed by atoms with E-state index in [1.54, 1.807) is 48.5 Å². The smallest absolute Gasteiger partial charge is 0.326 e. The number of benzene rings is 2. The summed E-state index contributed by atoms with van der Waals surface area (Å²) in [6.07, 6.45) is 1.77. The molecule has 32 heavy (non-hydrogen) atoms. The third kappa shape index (κ3) is 7.58. The first kappa shape index (κ1) is 24.7. The van der Waals surface area contributed by atoms with Crippen molar-refractivity contribution in [3.05, 3.63) is 70.9 Å². The quantitative estimate of drug-likeness (QED) is 0.490. The molecule has 2 amide bonds. The van der Waals surface area contributed by atoms with Crippen molar-refractivity contribution in [1.82, 2.24) is 10.6 Å². The van der Waals surface area contributed by atoms with Crippen LogP contribution in [0.25, 0.3) is 6.08 Å². The van der Waals surface area contributed by atoms with Crippen LogP contribution in [-0.4, -0.2) is 35.5 Å². The number of nitrogens with one attached hydrogen (secondary N) is 2. The molecular formula is C25H30N2O5. The van der Waals surface area contributed by atoms with Crippen molar-refractivity contribution in [2.75, 3.05) is 6.61 Å². The molecule has 0 saturated carbocycles. The minimum atomic E-state index is -1.13. The number of rotatable bonds is 10. The van der Waals surface area contributed by atoms with Crippen molar-refractivity contribution in [2.24, 2.45) is 5.92 Å². The van der Waals surface area contributed by atoms with E-state index >= 15 is 0 Å². The second kappa shape index (κ2) is 11.7. The average molecular weight is 439 g/mol. The first-order chi connectivity index (χ1) is 15.2. The molecule has 0 aromatic heterocycles. The number of hydrogen-bond acceptors (Lipinski definition) is 4. The minimum Gasteiger partial charge on any atom is -0.494 e. The van der Waals surface area contributed by atoms with Crippen LogP contribution in [0.1, 0.15) is 48.7 Å². The van der Waals surface area contributed by atoms with Crippen molar-refractivity contribution in [1.29, 1.82) is 0 Å². The molecule has 0 heterocycles. The van der Waals surface area contributed by atoms with Crippen LogP contribution in [0.3, 0.4) is 0 Å². The maximum absolute atomic E-state index is 13.0.